The van der Waals surface area contributed by atoms with E-state index >= 15 is 0 Å². The van der Waals surface area contributed by atoms with Crippen LogP contribution in [0.25, 0.3) is 0 Å². The van der Waals surface area contributed by atoms with Crippen molar-refractivity contribution in [3.8, 4) is 0 Å². The molecule has 0 aliphatic carbocycles. The van der Waals surface area contributed by atoms with Gasteiger partial charge in [-0.1, -0.05) is 6.07 Å². The van der Waals surface area contributed by atoms with Crippen molar-refractivity contribution in [2.75, 3.05) is 12.4 Å². The van der Waals surface area contributed by atoms with Crippen molar-refractivity contribution in [2.45, 2.75) is 6.54 Å². The van der Waals surface area contributed by atoms with E-state index in [2.05, 4.69) is 5.32 Å². The van der Waals surface area contributed by atoms with Gasteiger partial charge in [0.25, 0.3) is 0 Å². The van der Waals surface area contributed by atoms with Crippen LogP contribution in [0, 0.1) is 11.6 Å². The Morgan fingerprint density at radius 1 is 1.33 bits per heavy atom. The van der Waals surface area contributed by atoms with E-state index in [1.54, 1.807) is 0 Å². The standard InChI is InChI=1S/C8H10F2N2/c1-12-6-3-2-5(4-11)7(9)8(6)10/h2-3,12H,4,11H2,1H3. The predicted molar refractivity (Wildman–Crippen MR) is 43.8 cm³/mol. The Hall–Kier alpha value is -1.16. The molecule has 0 heterocycles. The fraction of sp³-hybridized carbons (Fsp3) is 0.250. The van der Waals surface area contributed by atoms with Crippen LogP contribution in [0.1, 0.15) is 5.56 Å². The van der Waals surface area contributed by atoms with Crippen molar-refractivity contribution >= 4 is 5.69 Å². The number of halogens is 2. The highest BCUT2D eigenvalue weighted by atomic mass is 19.2. The van der Waals surface area contributed by atoms with Gasteiger partial charge in [-0.15, -0.1) is 0 Å². The van der Waals surface area contributed by atoms with Gasteiger partial charge in [-0.3, -0.25) is 0 Å². The minimum Gasteiger partial charge on any atom is -0.386 e. The highest BCUT2D eigenvalue weighted by Gasteiger charge is 2.10. The quantitative estimate of drug-likeness (QED) is 0.708. The van der Waals surface area contributed by atoms with Gasteiger partial charge in [0, 0.05) is 19.2 Å². The summed E-state index contributed by atoms with van der Waals surface area (Å²) in [6.45, 7) is 0.00669. The maximum Gasteiger partial charge on any atom is 0.182 e. The number of rotatable bonds is 2. The van der Waals surface area contributed by atoms with E-state index in [1.165, 1.54) is 19.2 Å². The molecule has 0 radical (unpaired) electrons. The Kier molecular flexibility index (Phi) is 2.60. The van der Waals surface area contributed by atoms with Gasteiger partial charge in [0.1, 0.15) is 0 Å². The van der Waals surface area contributed by atoms with E-state index in [1.807, 2.05) is 0 Å². The Morgan fingerprint density at radius 2 is 2.00 bits per heavy atom. The van der Waals surface area contributed by atoms with E-state index in [9.17, 15) is 8.78 Å². The molecule has 3 N–H and O–H groups in total. The minimum atomic E-state index is -0.875. The summed E-state index contributed by atoms with van der Waals surface area (Å²) in [4.78, 5) is 0. The van der Waals surface area contributed by atoms with Gasteiger partial charge >= 0.3 is 0 Å². The van der Waals surface area contributed by atoms with Gasteiger partial charge in [-0.2, -0.15) is 0 Å². The van der Waals surface area contributed by atoms with Crippen molar-refractivity contribution in [1.82, 2.24) is 0 Å². The van der Waals surface area contributed by atoms with E-state index in [4.69, 9.17) is 5.73 Å². The zero-order valence-corrected chi connectivity index (χ0v) is 6.70. The lowest BCUT2D eigenvalue weighted by Gasteiger charge is -2.05. The van der Waals surface area contributed by atoms with Crippen molar-refractivity contribution in [1.29, 1.82) is 0 Å². The monoisotopic (exact) mass is 172 g/mol. The summed E-state index contributed by atoms with van der Waals surface area (Å²) in [7, 11) is 1.53. The third-order valence-corrected chi connectivity index (χ3v) is 1.65. The molecule has 0 saturated carbocycles. The normalized spacial score (nSPS) is 10.0. The molecule has 0 fully saturated rings. The topological polar surface area (TPSA) is 38.0 Å². The molecule has 1 rings (SSSR count). The zero-order valence-electron chi connectivity index (χ0n) is 6.70. The number of hydrogen-bond acceptors (Lipinski definition) is 2. The average Bonchev–Trinajstić information content (AvgIpc) is 2.10. The van der Waals surface area contributed by atoms with Crippen molar-refractivity contribution < 1.29 is 8.78 Å². The van der Waals surface area contributed by atoms with Crippen LogP contribution in [0.15, 0.2) is 12.1 Å². The highest BCUT2D eigenvalue weighted by Crippen LogP contribution is 2.19. The fourth-order valence-corrected chi connectivity index (χ4v) is 0.940. The zero-order chi connectivity index (χ0) is 9.14. The van der Waals surface area contributed by atoms with Crippen molar-refractivity contribution in [3.63, 3.8) is 0 Å². The summed E-state index contributed by atoms with van der Waals surface area (Å²) in [5.74, 6) is -1.75. The summed E-state index contributed by atoms with van der Waals surface area (Å²) >= 11 is 0. The smallest absolute Gasteiger partial charge is 0.182 e. The van der Waals surface area contributed by atoms with Gasteiger partial charge in [0.15, 0.2) is 11.6 Å². The van der Waals surface area contributed by atoms with E-state index in [0.717, 1.165) is 0 Å². The van der Waals surface area contributed by atoms with E-state index < -0.39 is 11.6 Å². The third kappa shape index (κ3) is 1.38. The van der Waals surface area contributed by atoms with Gasteiger partial charge in [-0.25, -0.2) is 8.78 Å². The van der Waals surface area contributed by atoms with Crippen molar-refractivity contribution in [3.05, 3.63) is 29.3 Å². The Bertz CT molecular complexity index is 258. The maximum atomic E-state index is 13.0. The Balaban J connectivity index is 3.20. The lowest BCUT2D eigenvalue weighted by atomic mass is 10.2. The average molecular weight is 172 g/mol. The maximum absolute atomic E-state index is 13.0. The predicted octanol–water partition coefficient (Wildman–Crippen LogP) is 1.47. The summed E-state index contributed by atoms with van der Waals surface area (Å²) in [5, 5.41) is 2.53. The molecule has 4 heteroatoms. The molecule has 0 saturated heterocycles. The first-order valence-electron chi connectivity index (χ1n) is 3.55. The molecule has 0 spiro atoms. The van der Waals surface area contributed by atoms with Gasteiger partial charge in [-0.05, 0) is 6.07 Å². The first kappa shape index (κ1) is 8.93. The molecule has 12 heavy (non-hydrogen) atoms. The lowest BCUT2D eigenvalue weighted by molar-refractivity contribution is 0.502. The molecule has 0 amide bonds. The molecule has 0 atom stereocenters. The van der Waals surface area contributed by atoms with Crippen LogP contribution in [0.2, 0.25) is 0 Å². The second-order valence-electron chi connectivity index (χ2n) is 2.35. The number of hydrogen-bond donors (Lipinski definition) is 2. The molecule has 0 bridgehead atoms. The van der Waals surface area contributed by atoms with Crippen LogP contribution in [0.4, 0.5) is 14.5 Å². The van der Waals surface area contributed by atoms with Crippen LogP contribution in [-0.2, 0) is 6.54 Å². The van der Waals surface area contributed by atoms with E-state index in [-0.39, 0.29) is 17.8 Å². The lowest BCUT2D eigenvalue weighted by Crippen LogP contribution is -2.04. The first-order valence-corrected chi connectivity index (χ1v) is 3.55. The molecule has 0 aromatic heterocycles. The van der Waals surface area contributed by atoms with Crippen LogP contribution in [0.5, 0.6) is 0 Å². The number of anilines is 1. The van der Waals surface area contributed by atoms with Gasteiger partial charge < -0.3 is 11.1 Å². The fourth-order valence-electron chi connectivity index (χ4n) is 0.940. The SMILES string of the molecule is CNc1ccc(CN)c(F)c1F. The summed E-state index contributed by atoms with van der Waals surface area (Å²) in [6.07, 6.45) is 0. The third-order valence-electron chi connectivity index (χ3n) is 1.65. The molecule has 0 aliphatic heterocycles. The summed E-state index contributed by atoms with van der Waals surface area (Å²) in [5.41, 5.74) is 5.51. The van der Waals surface area contributed by atoms with Crippen LogP contribution in [0.3, 0.4) is 0 Å². The largest absolute Gasteiger partial charge is 0.386 e. The second-order valence-corrected chi connectivity index (χ2v) is 2.35. The van der Waals surface area contributed by atoms with Gasteiger partial charge in [0.2, 0.25) is 0 Å². The molecule has 2 nitrogen and oxygen atoms in total. The van der Waals surface area contributed by atoms with Gasteiger partial charge in [0.05, 0.1) is 5.69 Å². The Labute approximate surface area is 69.4 Å². The molecule has 1 aromatic rings. The molecular formula is C8H10F2N2. The van der Waals surface area contributed by atoms with Crippen LogP contribution < -0.4 is 11.1 Å². The van der Waals surface area contributed by atoms with Crippen molar-refractivity contribution in [2.24, 2.45) is 5.73 Å². The minimum absolute atomic E-state index is 0.00669. The summed E-state index contributed by atoms with van der Waals surface area (Å²) in [6, 6.07) is 2.92. The number of nitrogens with one attached hydrogen (secondary N) is 1. The van der Waals surface area contributed by atoms with Crippen LogP contribution in [-0.4, -0.2) is 7.05 Å². The molecular weight excluding hydrogens is 162 g/mol. The second kappa shape index (κ2) is 3.49. The molecule has 0 unspecified atom stereocenters. The number of benzene rings is 1. The first-order chi connectivity index (χ1) is 5.70. The Morgan fingerprint density at radius 3 is 2.50 bits per heavy atom. The van der Waals surface area contributed by atoms with E-state index in [0.29, 0.717) is 0 Å². The highest BCUT2D eigenvalue weighted by molar-refractivity contribution is 5.46. The molecule has 66 valence electrons. The molecule has 0 aliphatic rings. The molecule has 1 aromatic carbocycles. The number of nitrogens with two attached hydrogens (primary N) is 1. The van der Waals surface area contributed by atoms with Crippen LogP contribution >= 0.6 is 0 Å². The summed E-state index contributed by atoms with van der Waals surface area (Å²) < 4.78 is 25.9.